The van der Waals surface area contributed by atoms with Crippen LogP contribution in [0.5, 0.6) is 5.75 Å². The number of fused-ring (bicyclic) bond motifs is 1. The van der Waals surface area contributed by atoms with Crippen molar-refractivity contribution in [2.24, 2.45) is 0 Å². The van der Waals surface area contributed by atoms with Gasteiger partial charge >= 0.3 is 0 Å². The lowest BCUT2D eigenvalue weighted by atomic mass is 10.1. The van der Waals surface area contributed by atoms with Gasteiger partial charge in [0, 0.05) is 38.6 Å². The molecule has 218 valence electrons. The van der Waals surface area contributed by atoms with Gasteiger partial charge in [0.2, 0.25) is 10.0 Å². The van der Waals surface area contributed by atoms with Crippen LogP contribution in [-0.4, -0.2) is 81.7 Å². The standard InChI is InChI=1S/C29H37N7O4S/c1-4-8-24-26-27(33-36(24)20-21-9-7-12-30-19-21)29(37)32-28(31-26)23-18-22(10-11-25(23)40-17-5-2)41(38,39)35-15-13-34(6-3)14-16-35/h7,9-12,18-19H,4-6,8,13-17,20H2,1-3H3,(H,31,32,37). The minimum atomic E-state index is -3.75. The zero-order valence-electron chi connectivity index (χ0n) is 23.8. The van der Waals surface area contributed by atoms with Gasteiger partial charge in [-0.25, -0.2) is 13.4 Å². The van der Waals surface area contributed by atoms with E-state index in [2.05, 4.69) is 33.8 Å². The molecule has 0 spiro atoms. The lowest BCUT2D eigenvalue weighted by Crippen LogP contribution is -2.48. The summed E-state index contributed by atoms with van der Waals surface area (Å²) in [5.74, 6) is 0.712. The van der Waals surface area contributed by atoms with Crippen molar-refractivity contribution in [3.05, 3.63) is 64.3 Å². The van der Waals surface area contributed by atoms with Crippen LogP contribution in [0.2, 0.25) is 0 Å². The molecule has 1 aromatic carbocycles. The van der Waals surface area contributed by atoms with Crippen molar-refractivity contribution >= 4 is 21.1 Å². The molecule has 11 nitrogen and oxygen atoms in total. The van der Waals surface area contributed by atoms with Crippen molar-refractivity contribution in [1.29, 1.82) is 0 Å². The topological polar surface area (TPSA) is 126 Å². The van der Waals surface area contributed by atoms with E-state index in [0.717, 1.165) is 30.6 Å². The summed E-state index contributed by atoms with van der Waals surface area (Å²) >= 11 is 0. The normalized spacial score (nSPS) is 15.0. The number of ether oxygens (including phenoxy) is 1. The highest BCUT2D eigenvalue weighted by atomic mass is 32.2. The molecule has 41 heavy (non-hydrogen) atoms. The van der Waals surface area contributed by atoms with Gasteiger partial charge in [-0.2, -0.15) is 9.40 Å². The molecule has 1 saturated heterocycles. The Bertz CT molecular complexity index is 1660. The third-order valence-electron chi connectivity index (χ3n) is 7.33. The van der Waals surface area contributed by atoms with E-state index in [0.29, 0.717) is 62.6 Å². The van der Waals surface area contributed by atoms with Gasteiger partial charge in [-0.1, -0.05) is 33.3 Å². The van der Waals surface area contributed by atoms with Crippen molar-refractivity contribution in [2.75, 3.05) is 39.3 Å². The monoisotopic (exact) mass is 579 g/mol. The molecule has 1 aliphatic rings. The fraction of sp³-hybridized carbons (Fsp3) is 0.448. The first-order valence-corrected chi connectivity index (χ1v) is 15.7. The van der Waals surface area contributed by atoms with Crippen LogP contribution in [0.15, 0.2) is 52.4 Å². The van der Waals surface area contributed by atoms with Gasteiger partial charge in [0.05, 0.1) is 29.3 Å². The van der Waals surface area contributed by atoms with Gasteiger partial charge in [-0.3, -0.25) is 14.5 Å². The predicted molar refractivity (Wildman–Crippen MR) is 158 cm³/mol. The summed E-state index contributed by atoms with van der Waals surface area (Å²) in [6.07, 6.45) is 5.76. The number of hydrogen-bond acceptors (Lipinski definition) is 8. The lowest BCUT2D eigenvalue weighted by Gasteiger charge is -2.33. The molecule has 0 amide bonds. The van der Waals surface area contributed by atoms with E-state index in [9.17, 15) is 13.2 Å². The fourth-order valence-electron chi connectivity index (χ4n) is 5.10. The van der Waals surface area contributed by atoms with E-state index in [4.69, 9.17) is 9.72 Å². The number of H-pyrrole nitrogens is 1. The summed E-state index contributed by atoms with van der Waals surface area (Å²) in [5, 5.41) is 4.61. The molecule has 12 heteroatoms. The lowest BCUT2D eigenvalue weighted by molar-refractivity contribution is 0.196. The molecule has 0 atom stereocenters. The van der Waals surface area contributed by atoms with Crippen LogP contribution >= 0.6 is 0 Å². The second-order valence-electron chi connectivity index (χ2n) is 10.2. The van der Waals surface area contributed by atoms with Crippen LogP contribution in [0.4, 0.5) is 0 Å². The Labute approximate surface area is 240 Å². The second-order valence-corrected chi connectivity index (χ2v) is 12.1. The molecule has 0 saturated carbocycles. The van der Waals surface area contributed by atoms with E-state index >= 15 is 0 Å². The predicted octanol–water partition coefficient (Wildman–Crippen LogP) is 3.30. The zero-order valence-corrected chi connectivity index (χ0v) is 24.7. The first-order chi connectivity index (χ1) is 19.8. The van der Waals surface area contributed by atoms with Gasteiger partial charge in [0.1, 0.15) is 17.1 Å². The van der Waals surface area contributed by atoms with Crippen molar-refractivity contribution in [3.63, 3.8) is 0 Å². The summed E-state index contributed by atoms with van der Waals surface area (Å²) in [5.41, 5.74) is 2.58. The van der Waals surface area contributed by atoms with Gasteiger partial charge in [-0.05, 0) is 49.2 Å². The number of sulfonamides is 1. The average molecular weight is 580 g/mol. The number of rotatable bonds is 11. The Morgan fingerprint density at radius 2 is 1.83 bits per heavy atom. The first kappa shape index (κ1) is 28.9. The van der Waals surface area contributed by atoms with Crippen LogP contribution in [0.3, 0.4) is 0 Å². The molecule has 0 bridgehead atoms. The van der Waals surface area contributed by atoms with Crippen molar-refractivity contribution < 1.29 is 13.2 Å². The van der Waals surface area contributed by atoms with Crippen molar-refractivity contribution in [2.45, 2.75) is 51.5 Å². The number of pyridine rings is 1. The number of benzene rings is 1. The molecule has 5 rings (SSSR count). The van der Waals surface area contributed by atoms with E-state index in [1.165, 1.54) is 4.31 Å². The van der Waals surface area contributed by atoms with Gasteiger partial charge in [0.15, 0.2) is 5.52 Å². The number of likely N-dealkylation sites (N-methyl/N-ethyl adjacent to an activating group) is 1. The largest absolute Gasteiger partial charge is 0.493 e. The van der Waals surface area contributed by atoms with Gasteiger partial charge in [-0.15, -0.1) is 0 Å². The number of hydrogen-bond donors (Lipinski definition) is 1. The minimum absolute atomic E-state index is 0.144. The molecule has 4 aromatic rings. The van der Waals surface area contributed by atoms with Crippen molar-refractivity contribution in [3.8, 4) is 17.1 Å². The van der Waals surface area contributed by atoms with Crippen molar-refractivity contribution in [1.82, 2.24) is 33.9 Å². The highest BCUT2D eigenvalue weighted by Crippen LogP contribution is 2.32. The third-order valence-corrected chi connectivity index (χ3v) is 9.22. The Balaban J connectivity index is 1.60. The molecule has 0 aliphatic carbocycles. The molecular weight excluding hydrogens is 542 g/mol. The van der Waals surface area contributed by atoms with Gasteiger partial charge < -0.3 is 14.6 Å². The summed E-state index contributed by atoms with van der Waals surface area (Å²) in [6.45, 7) is 10.2. The number of aromatic amines is 1. The quantitative estimate of drug-likeness (QED) is 0.287. The maximum Gasteiger partial charge on any atom is 0.279 e. The molecule has 1 fully saturated rings. The first-order valence-electron chi connectivity index (χ1n) is 14.2. The Kier molecular flexibility index (Phi) is 8.81. The summed E-state index contributed by atoms with van der Waals surface area (Å²) in [7, 11) is -3.75. The smallest absolute Gasteiger partial charge is 0.279 e. The second kappa shape index (κ2) is 12.5. The van der Waals surface area contributed by atoms with Crippen LogP contribution in [-0.2, 0) is 23.0 Å². The van der Waals surface area contributed by atoms with Crippen LogP contribution in [0, 0.1) is 0 Å². The molecule has 3 aromatic heterocycles. The van der Waals surface area contributed by atoms with Crippen LogP contribution < -0.4 is 10.3 Å². The van der Waals surface area contributed by atoms with E-state index in [-0.39, 0.29) is 16.2 Å². The van der Waals surface area contributed by atoms with E-state index in [1.807, 2.05) is 23.7 Å². The Morgan fingerprint density at radius 3 is 2.51 bits per heavy atom. The number of aryl methyl sites for hydroxylation is 1. The highest BCUT2D eigenvalue weighted by Gasteiger charge is 2.29. The molecule has 4 heterocycles. The Hall–Kier alpha value is -3.61. The zero-order chi connectivity index (χ0) is 29.0. The van der Waals surface area contributed by atoms with E-state index < -0.39 is 15.6 Å². The molecular formula is C29H37N7O4S. The number of piperazine rings is 1. The van der Waals surface area contributed by atoms with Gasteiger partial charge in [0.25, 0.3) is 5.56 Å². The minimum Gasteiger partial charge on any atom is -0.493 e. The van der Waals surface area contributed by atoms with Crippen LogP contribution in [0.25, 0.3) is 22.4 Å². The third kappa shape index (κ3) is 6.04. The van der Waals surface area contributed by atoms with Crippen LogP contribution in [0.1, 0.15) is 44.9 Å². The maximum absolute atomic E-state index is 13.6. The summed E-state index contributed by atoms with van der Waals surface area (Å²) < 4.78 is 36.6. The average Bonchev–Trinajstić information content (AvgIpc) is 3.33. The molecule has 1 N–H and O–H groups in total. The highest BCUT2D eigenvalue weighted by molar-refractivity contribution is 7.89. The number of nitrogens with one attached hydrogen (secondary N) is 1. The Morgan fingerprint density at radius 1 is 1.02 bits per heavy atom. The number of nitrogens with zero attached hydrogens (tertiary/aromatic N) is 6. The molecule has 1 aliphatic heterocycles. The molecule has 0 radical (unpaired) electrons. The SMILES string of the molecule is CCCOc1ccc(S(=O)(=O)N2CCN(CC)CC2)cc1-c1nc2c(CCC)n(Cc3cccnc3)nc2c(=O)[nH]1. The fourth-order valence-corrected chi connectivity index (χ4v) is 6.55. The van der Waals surface area contributed by atoms with E-state index in [1.54, 1.807) is 30.6 Å². The summed E-state index contributed by atoms with van der Waals surface area (Å²) in [4.78, 5) is 27.6. The number of aromatic nitrogens is 5. The summed E-state index contributed by atoms with van der Waals surface area (Å²) in [6, 6.07) is 8.62. The maximum atomic E-state index is 13.6. The molecule has 0 unspecified atom stereocenters.